The van der Waals surface area contributed by atoms with E-state index in [0.717, 1.165) is 5.56 Å². The van der Waals surface area contributed by atoms with Crippen molar-refractivity contribution >= 4 is 23.6 Å². The Hall–Kier alpha value is -3.20. The number of amides is 2. The maximum atomic E-state index is 13.0. The number of benzene rings is 2. The van der Waals surface area contributed by atoms with Gasteiger partial charge in [-0.25, -0.2) is 9.07 Å². The summed E-state index contributed by atoms with van der Waals surface area (Å²) in [4.78, 5) is 24.6. The standard InChI is InChI=1S/C21H22FN5O2S/c1-3-23-20(28)15-6-10-17(11-7-15)27-18(13-30-2)19(25-26-27)21(29)24-12-14-4-8-16(22)9-5-14/h4-11H,3,12-13H2,1-2H3,(H,23,28)(H,24,29). The van der Waals surface area contributed by atoms with Gasteiger partial charge >= 0.3 is 0 Å². The zero-order chi connectivity index (χ0) is 21.5. The number of carbonyl (C=O) groups is 2. The van der Waals surface area contributed by atoms with Gasteiger partial charge in [0.15, 0.2) is 5.69 Å². The lowest BCUT2D eigenvalue weighted by Crippen LogP contribution is -2.24. The van der Waals surface area contributed by atoms with Gasteiger partial charge in [-0.15, -0.1) is 5.10 Å². The third-order valence-corrected chi connectivity index (χ3v) is 4.90. The van der Waals surface area contributed by atoms with Gasteiger partial charge < -0.3 is 10.6 Å². The Morgan fingerprint density at radius 2 is 1.73 bits per heavy atom. The van der Waals surface area contributed by atoms with Crippen molar-refractivity contribution in [1.29, 1.82) is 0 Å². The molecular formula is C21H22FN5O2S. The fourth-order valence-electron chi connectivity index (χ4n) is 2.84. The monoisotopic (exact) mass is 427 g/mol. The summed E-state index contributed by atoms with van der Waals surface area (Å²) in [5.74, 6) is -0.292. The molecule has 9 heteroatoms. The van der Waals surface area contributed by atoms with Crippen molar-refractivity contribution in [3.63, 3.8) is 0 Å². The molecule has 2 amide bonds. The molecule has 0 aliphatic rings. The quantitative estimate of drug-likeness (QED) is 0.577. The number of hydrogen-bond donors (Lipinski definition) is 2. The fraction of sp³-hybridized carbons (Fsp3) is 0.238. The van der Waals surface area contributed by atoms with Crippen LogP contribution in [0.4, 0.5) is 4.39 Å². The molecule has 1 aromatic heterocycles. The van der Waals surface area contributed by atoms with E-state index in [-0.39, 0.29) is 29.9 Å². The molecule has 0 aliphatic heterocycles. The molecule has 2 aromatic carbocycles. The summed E-state index contributed by atoms with van der Waals surface area (Å²) < 4.78 is 14.6. The molecule has 3 rings (SSSR count). The molecule has 0 saturated carbocycles. The molecule has 3 aromatic rings. The van der Waals surface area contributed by atoms with Crippen molar-refractivity contribution in [3.8, 4) is 5.69 Å². The number of aromatic nitrogens is 3. The molecule has 0 atom stereocenters. The van der Waals surface area contributed by atoms with Gasteiger partial charge in [0.1, 0.15) is 5.82 Å². The lowest BCUT2D eigenvalue weighted by atomic mass is 10.2. The minimum atomic E-state index is -0.353. The molecule has 1 heterocycles. The van der Waals surface area contributed by atoms with Crippen LogP contribution in [0.15, 0.2) is 48.5 Å². The fourth-order valence-corrected chi connectivity index (χ4v) is 3.37. The Balaban J connectivity index is 1.79. The van der Waals surface area contributed by atoms with Crippen LogP contribution in [0.5, 0.6) is 0 Å². The molecule has 0 fully saturated rings. The molecule has 156 valence electrons. The number of nitrogens with one attached hydrogen (secondary N) is 2. The predicted molar refractivity (Wildman–Crippen MR) is 114 cm³/mol. The summed E-state index contributed by atoms with van der Waals surface area (Å²) >= 11 is 1.54. The van der Waals surface area contributed by atoms with Crippen LogP contribution < -0.4 is 10.6 Å². The molecular weight excluding hydrogens is 405 g/mol. The summed E-state index contributed by atoms with van der Waals surface area (Å²) in [6, 6.07) is 12.9. The molecule has 2 N–H and O–H groups in total. The lowest BCUT2D eigenvalue weighted by Gasteiger charge is -2.09. The van der Waals surface area contributed by atoms with Crippen LogP contribution >= 0.6 is 11.8 Å². The van der Waals surface area contributed by atoms with E-state index in [1.807, 2.05) is 13.2 Å². The van der Waals surface area contributed by atoms with Crippen molar-refractivity contribution in [2.24, 2.45) is 0 Å². The van der Waals surface area contributed by atoms with Crippen molar-refractivity contribution < 1.29 is 14.0 Å². The summed E-state index contributed by atoms with van der Waals surface area (Å²) in [5, 5.41) is 13.8. The highest BCUT2D eigenvalue weighted by molar-refractivity contribution is 7.97. The van der Waals surface area contributed by atoms with E-state index in [4.69, 9.17) is 0 Å². The summed E-state index contributed by atoms with van der Waals surface area (Å²) in [5.41, 5.74) is 2.93. The molecule has 0 aliphatic carbocycles. The first-order chi connectivity index (χ1) is 14.5. The number of halogens is 1. The van der Waals surface area contributed by atoms with Gasteiger partial charge in [0.05, 0.1) is 11.4 Å². The number of nitrogens with zero attached hydrogens (tertiary/aromatic N) is 3. The minimum absolute atomic E-state index is 0.146. The first kappa shape index (κ1) is 21.5. The number of thioether (sulfide) groups is 1. The van der Waals surface area contributed by atoms with Gasteiger partial charge in [-0.05, 0) is 55.1 Å². The first-order valence-corrected chi connectivity index (χ1v) is 10.8. The number of hydrogen-bond acceptors (Lipinski definition) is 5. The zero-order valence-corrected chi connectivity index (χ0v) is 17.5. The van der Waals surface area contributed by atoms with Crippen LogP contribution in [0.25, 0.3) is 5.69 Å². The summed E-state index contributed by atoms with van der Waals surface area (Å²) in [6.07, 6.45) is 1.93. The highest BCUT2D eigenvalue weighted by Crippen LogP contribution is 2.18. The van der Waals surface area contributed by atoms with E-state index in [9.17, 15) is 14.0 Å². The van der Waals surface area contributed by atoms with Crippen LogP contribution in [-0.2, 0) is 12.3 Å². The Morgan fingerprint density at radius 3 is 2.37 bits per heavy atom. The Kier molecular flexibility index (Phi) is 7.18. The number of rotatable bonds is 8. The highest BCUT2D eigenvalue weighted by Gasteiger charge is 2.20. The Bertz CT molecular complexity index is 1020. The van der Waals surface area contributed by atoms with E-state index in [0.29, 0.717) is 29.2 Å². The molecule has 7 nitrogen and oxygen atoms in total. The van der Waals surface area contributed by atoms with Crippen LogP contribution in [0, 0.1) is 5.82 Å². The summed E-state index contributed by atoms with van der Waals surface area (Å²) in [7, 11) is 0. The van der Waals surface area contributed by atoms with E-state index in [1.165, 1.54) is 12.1 Å². The van der Waals surface area contributed by atoms with Gasteiger partial charge in [0.2, 0.25) is 0 Å². The average molecular weight is 428 g/mol. The highest BCUT2D eigenvalue weighted by atomic mass is 32.2. The van der Waals surface area contributed by atoms with E-state index in [1.54, 1.807) is 52.8 Å². The molecule has 30 heavy (non-hydrogen) atoms. The van der Waals surface area contributed by atoms with Crippen LogP contribution in [0.3, 0.4) is 0 Å². The molecule has 0 spiro atoms. The largest absolute Gasteiger partial charge is 0.352 e. The van der Waals surface area contributed by atoms with Crippen molar-refractivity contribution in [2.75, 3.05) is 12.8 Å². The van der Waals surface area contributed by atoms with Gasteiger partial charge in [0, 0.05) is 24.4 Å². The van der Waals surface area contributed by atoms with E-state index >= 15 is 0 Å². The molecule has 0 unspecified atom stereocenters. The molecule has 0 radical (unpaired) electrons. The third-order valence-electron chi connectivity index (χ3n) is 4.34. The first-order valence-electron chi connectivity index (χ1n) is 9.38. The molecule has 0 saturated heterocycles. The van der Waals surface area contributed by atoms with E-state index in [2.05, 4.69) is 20.9 Å². The minimum Gasteiger partial charge on any atom is -0.352 e. The molecule has 0 bridgehead atoms. The van der Waals surface area contributed by atoms with Crippen molar-refractivity contribution in [2.45, 2.75) is 19.2 Å². The van der Waals surface area contributed by atoms with Crippen LogP contribution in [0.2, 0.25) is 0 Å². The Labute approximate surface area is 178 Å². The van der Waals surface area contributed by atoms with Crippen molar-refractivity contribution in [1.82, 2.24) is 25.6 Å². The lowest BCUT2D eigenvalue weighted by molar-refractivity contribution is 0.0940. The van der Waals surface area contributed by atoms with Gasteiger partial charge in [-0.1, -0.05) is 17.3 Å². The smallest absolute Gasteiger partial charge is 0.274 e. The van der Waals surface area contributed by atoms with Crippen molar-refractivity contribution in [3.05, 3.63) is 76.9 Å². The summed E-state index contributed by atoms with van der Waals surface area (Å²) in [6.45, 7) is 2.67. The normalized spacial score (nSPS) is 10.6. The second kappa shape index (κ2) is 10.0. The van der Waals surface area contributed by atoms with Gasteiger partial charge in [-0.2, -0.15) is 11.8 Å². The Morgan fingerprint density at radius 1 is 1.03 bits per heavy atom. The second-order valence-corrected chi connectivity index (χ2v) is 7.31. The SMILES string of the molecule is CCNC(=O)c1ccc(-n2nnc(C(=O)NCc3ccc(F)cc3)c2CSC)cc1. The third kappa shape index (κ3) is 5.04. The maximum absolute atomic E-state index is 13.0. The number of carbonyl (C=O) groups excluding carboxylic acids is 2. The topological polar surface area (TPSA) is 88.9 Å². The second-order valence-electron chi connectivity index (χ2n) is 6.45. The van der Waals surface area contributed by atoms with Gasteiger partial charge in [-0.3, -0.25) is 9.59 Å². The predicted octanol–water partition coefficient (Wildman–Crippen LogP) is 2.95. The maximum Gasteiger partial charge on any atom is 0.274 e. The van der Waals surface area contributed by atoms with Crippen LogP contribution in [-0.4, -0.2) is 39.6 Å². The van der Waals surface area contributed by atoms with Crippen LogP contribution in [0.1, 0.15) is 39.0 Å². The van der Waals surface area contributed by atoms with Gasteiger partial charge in [0.25, 0.3) is 11.8 Å². The van der Waals surface area contributed by atoms with E-state index < -0.39 is 0 Å². The average Bonchev–Trinajstić information content (AvgIpc) is 3.17. The zero-order valence-electron chi connectivity index (χ0n) is 16.7.